The van der Waals surface area contributed by atoms with E-state index in [1.165, 1.54) is 6.92 Å². The maximum atomic E-state index is 14.9. The van der Waals surface area contributed by atoms with Crippen LogP contribution < -0.4 is 19.5 Å². The lowest BCUT2D eigenvalue weighted by atomic mass is 10.0. The first-order valence-corrected chi connectivity index (χ1v) is 12.4. The molecule has 4 rings (SSSR count). The predicted molar refractivity (Wildman–Crippen MR) is 125 cm³/mol. The second-order valence-electron chi connectivity index (χ2n) is 8.07. The lowest BCUT2D eigenvalue weighted by Gasteiger charge is -2.20. The summed E-state index contributed by atoms with van der Waals surface area (Å²) < 4.78 is 106. The van der Waals surface area contributed by atoms with E-state index in [1.54, 1.807) is 0 Å². The second kappa shape index (κ2) is 9.83. The lowest BCUT2D eigenvalue weighted by molar-refractivity contribution is -0.274. The van der Waals surface area contributed by atoms with Gasteiger partial charge in [-0.2, -0.15) is 0 Å². The quantitative estimate of drug-likeness (QED) is 0.342. The topological polar surface area (TPSA) is 114 Å². The summed E-state index contributed by atoms with van der Waals surface area (Å²) in [5, 5.41) is 12.2. The van der Waals surface area contributed by atoms with E-state index in [9.17, 15) is 40.3 Å². The molecule has 3 aromatic carbocycles. The fraction of sp³-hybridized carbons (Fsp3) is 0.174. The van der Waals surface area contributed by atoms with Gasteiger partial charge in [-0.1, -0.05) is 11.6 Å². The monoisotopic (exact) mass is 578 g/mol. The van der Waals surface area contributed by atoms with E-state index in [4.69, 9.17) is 16.3 Å². The summed E-state index contributed by atoms with van der Waals surface area (Å²) in [4.78, 5) is 11.8. The number of hydrogen-bond acceptors (Lipinski definition) is 6. The zero-order valence-corrected chi connectivity index (χ0v) is 20.6. The first-order chi connectivity index (χ1) is 17.6. The molecule has 0 radical (unpaired) electrons. The third-order valence-corrected chi connectivity index (χ3v) is 6.90. The van der Waals surface area contributed by atoms with Crippen LogP contribution in [0.1, 0.15) is 17.3 Å². The number of carbonyl (C=O) groups is 1. The highest BCUT2D eigenvalue weighted by Crippen LogP contribution is 2.40. The van der Waals surface area contributed by atoms with Gasteiger partial charge < -0.3 is 19.9 Å². The maximum absolute atomic E-state index is 14.9. The van der Waals surface area contributed by atoms with Gasteiger partial charge in [-0.3, -0.25) is 9.52 Å². The number of aromatic hydroxyl groups is 1. The van der Waals surface area contributed by atoms with E-state index in [2.05, 4.69) is 10.1 Å². The molecular formula is C23H16ClF5N2O6S. The number of ether oxygens (including phenoxy) is 2. The molecule has 0 saturated heterocycles. The van der Waals surface area contributed by atoms with Crippen LogP contribution >= 0.6 is 11.6 Å². The van der Waals surface area contributed by atoms with Crippen molar-refractivity contribution in [2.24, 2.45) is 0 Å². The second-order valence-corrected chi connectivity index (χ2v) is 10.1. The summed E-state index contributed by atoms with van der Waals surface area (Å²) in [7, 11) is -4.84. The number of phenolic OH excluding ortho intramolecular Hbond substituents is 1. The lowest BCUT2D eigenvalue weighted by Crippen LogP contribution is -2.33. The van der Waals surface area contributed by atoms with E-state index in [-0.39, 0.29) is 23.4 Å². The molecule has 202 valence electrons. The molecule has 3 aromatic rings. The molecule has 0 unspecified atom stereocenters. The van der Waals surface area contributed by atoms with Gasteiger partial charge in [0.2, 0.25) is 0 Å². The van der Waals surface area contributed by atoms with Crippen LogP contribution in [0, 0.1) is 11.6 Å². The third-order valence-electron chi connectivity index (χ3n) is 5.23. The Hall–Kier alpha value is -3.78. The molecule has 1 atom stereocenters. The zero-order valence-electron chi connectivity index (χ0n) is 19.0. The molecule has 15 heteroatoms. The molecule has 0 spiro atoms. The normalized spacial score (nSPS) is 17.1. The Morgan fingerprint density at radius 1 is 1.08 bits per heavy atom. The first-order valence-electron chi connectivity index (χ1n) is 10.5. The Balaban J connectivity index is 1.95. The van der Waals surface area contributed by atoms with E-state index in [0.717, 1.165) is 30.3 Å². The summed E-state index contributed by atoms with van der Waals surface area (Å²) in [5.41, 5.74) is -1.99. The minimum atomic E-state index is -5.09. The van der Waals surface area contributed by atoms with Crippen molar-refractivity contribution in [3.05, 3.63) is 64.7 Å². The van der Waals surface area contributed by atoms with Gasteiger partial charge in [0.05, 0.1) is 17.3 Å². The molecule has 1 aliphatic rings. The van der Waals surface area contributed by atoms with Gasteiger partial charge >= 0.3 is 6.36 Å². The van der Waals surface area contributed by atoms with Gasteiger partial charge in [0.1, 0.15) is 34.1 Å². The SMILES string of the molecule is C[C@H]1CNC(=O)c2cc(Cl)c(O)c(c2)S(=O)(=O)Nc2cc(c(F)cc2F)-c2cc(OC(F)(F)F)ccc2O1. The summed E-state index contributed by atoms with van der Waals surface area (Å²) >= 11 is 5.91. The van der Waals surface area contributed by atoms with Crippen LogP contribution in [0.15, 0.2) is 47.4 Å². The third kappa shape index (κ3) is 5.70. The molecule has 1 aliphatic heterocycles. The fourth-order valence-electron chi connectivity index (χ4n) is 3.56. The van der Waals surface area contributed by atoms with Crippen LogP contribution in [0.25, 0.3) is 11.1 Å². The molecule has 4 bridgehead atoms. The van der Waals surface area contributed by atoms with Gasteiger partial charge in [-0.05, 0) is 43.3 Å². The van der Waals surface area contributed by atoms with Crippen molar-refractivity contribution in [3.8, 4) is 28.4 Å². The highest BCUT2D eigenvalue weighted by Gasteiger charge is 2.32. The highest BCUT2D eigenvalue weighted by atomic mass is 35.5. The standard InChI is InChI=1S/C23H16ClF5N2O6S/c1-10-9-30-22(33)11-4-15(24)21(32)20(5-11)38(34,35)31-18-7-13(16(25)8-17(18)26)14-6-12(37-23(27,28)29)2-3-19(14)36-10/h2-8,10,31-32H,9H2,1H3,(H,30,33)/t10-/m0/s1. The molecule has 0 saturated carbocycles. The number of phenols is 1. The molecular weight excluding hydrogens is 563 g/mol. The number of fused-ring (bicyclic) bond motifs is 6. The number of anilines is 1. The summed E-state index contributed by atoms with van der Waals surface area (Å²) in [5.74, 6) is -5.37. The highest BCUT2D eigenvalue weighted by molar-refractivity contribution is 7.92. The van der Waals surface area contributed by atoms with Gasteiger partial charge in [0.15, 0.2) is 5.75 Å². The summed E-state index contributed by atoms with van der Waals surface area (Å²) in [6.07, 6.45) is -5.94. The largest absolute Gasteiger partial charge is 0.573 e. The smallest absolute Gasteiger partial charge is 0.505 e. The van der Waals surface area contributed by atoms with Crippen molar-refractivity contribution in [2.75, 3.05) is 11.3 Å². The molecule has 1 heterocycles. The number of hydrogen-bond donors (Lipinski definition) is 3. The Morgan fingerprint density at radius 3 is 2.47 bits per heavy atom. The number of rotatable bonds is 1. The number of amides is 1. The van der Waals surface area contributed by atoms with E-state index >= 15 is 0 Å². The van der Waals surface area contributed by atoms with Crippen LogP contribution in [0.5, 0.6) is 17.2 Å². The van der Waals surface area contributed by atoms with Crippen molar-refractivity contribution in [1.29, 1.82) is 0 Å². The van der Waals surface area contributed by atoms with Gasteiger partial charge in [0, 0.05) is 22.8 Å². The van der Waals surface area contributed by atoms with Crippen LogP contribution in [-0.2, 0) is 10.0 Å². The summed E-state index contributed by atoms with van der Waals surface area (Å²) in [6, 6.07) is 5.51. The van der Waals surface area contributed by atoms with Crippen molar-refractivity contribution in [3.63, 3.8) is 0 Å². The Bertz CT molecular complexity index is 1550. The zero-order chi connectivity index (χ0) is 28.0. The van der Waals surface area contributed by atoms with Crippen LogP contribution in [-0.4, -0.2) is 38.4 Å². The van der Waals surface area contributed by atoms with E-state index < -0.39 is 72.7 Å². The molecule has 0 aromatic heterocycles. The molecule has 8 nitrogen and oxygen atoms in total. The van der Waals surface area contributed by atoms with Crippen molar-refractivity contribution >= 4 is 33.2 Å². The van der Waals surface area contributed by atoms with Crippen LogP contribution in [0.2, 0.25) is 5.02 Å². The predicted octanol–water partition coefficient (Wildman–Crippen LogP) is 5.20. The van der Waals surface area contributed by atoms with Crippen LogP contribution in [0.4, 0.5) is 27.6 Å². The van der Waals surface area contributed by atoms with Gasteiger partial charge in [-0.15, -0.1) is 13.2 Å². The molecule has 1 amide bonds. The van der Waals surface area contributed by atoms with Gasteiger partial charge in [0.25, 0.3) is 15.9 Å². The average molecular weight is 579 g/mol. The minimum Gasteiger partial charge on any atom is -0.505 e. The van der Waals surface area contributed by atoms with Crippen molar-refractivity contribution in [2.45, 2.75) is 24.3 Å². The number of benzene rings is 3. The Kier molecular flexibility index (Phi) is 7.05. The number of nitrogens with one attached hydrogen (secondary N) is 2. The van der Waals surface area contributed by atoms with Crippen LogP contribution in [0.3, 0.4) is 0 Å². The first kappa shape index (κ1) is 27.3. The molecule has 3 N–H and O–H groups in total. The molecule has 0 fully saturated rings. The minimum absolute atomic E-state index is 0.184. The number of alkyl halides is 3. The van der Waals surface area contributed by atoms with E-state index in [0.29, 0.717) is 12.1 Å². The number of carbonyl (C=O) groups excluding carboxylic acids is 1. The number of halogens is 6. The molecule has 0 aliphatic carbocycles. The Labute approximate surface area is 217 Å². The summed E-state index contributed by atoms with van der Waals surface area (Å²) in [6.45, 7) is 1.28. The van der Waals surface area contributed by atoms with Gasteiger partial charge in [-0.25, -0.2) is 17.2 Å². The maximum Gasteiger partial charge on any atom is 0.573 e. The fourth-order valence-corrected chi connectivity index (χ4v) is 5.04. The average Bonchev–Trinajstić information content (AvgIpc) is 2.80. The number of sulfonamides is 1. The van der Waals surface area contributed by atoms with E-state index in [1.807, 2.05) is 4.72 Å². The van der Waals surface area contributed by atoms with Crippen molar-refractivity contribution < 1.29 is 49.7 Å². The Morgan fingerprint density at radius 2 is 1.79 bits per heavy atom. The van der Waals surface area contributed by atoms with Crippen molar-refractivity contribution in [1.82, 2.24) is 5.32 Å². The molecule has 38 heavy (non-hydrogen) atoms.